The number of ether oxygens (including phenoxy) is 2. The quantitative estimate of drug-likeness (QED) is 0.211. The van der Waals surface area contributed by atoms with E-state index in [-0.39, 0.29) is 5.56 Å². The van der Waals surface area contributed by atoms with Crippen molar-refractivity contribution in [2.75, 3.05) is 26.4 Å². The predicted molar refractivity (Wildman–Crippen MR) is 135 cm³/mol. The molecule has 0 aliphatic rings. The SMILES string of the molecule is CC(CO)(CO)C(=O)OCCCCCCCCCCOc1cc(C(=O)O)ccc1-c1ccccc1. The van der Waals surface area contributed by atoms with Gasteiger partial charge in [0.1, 0.15) is 11.2 Å². The molecule has 0 fully saturated rings. The van der Waals surface area contributed by atoms with Crippen LogP contribution in [0, 0.1) is 5.41 Å². The Hall–Kier alpha value is -2.90. The van der Waals surface area contributed by atoms with Gasteiger partial charge in [0.25, 0.3) is 0 Å². The van der Waals surface area contributed by atoms with E-state index in [0.29, 0.717) is 19.0 Å². The van der Waals surface area contributed by atoms with Crippen molar-refractivity contribution in [3.05, 3.63) is 54.1 Å². The molecular formula is C28H38O7. The molecule has 0 spiro atoms. The fourth-order valence-corrected chi connectivity index (χ4v) is 3.60. The number of hydrogen-bond acceptors (Lipinski definition) is 6. The van der Waals surface area contributed by atoms with Gasteiger partial charge in [-0.2, -0.15) is 0 Å². The molecule has 0 aliphatic carbocycles. The summed E-state index contributed by atoms with van der Waals surface area (Å²) in [5, 5.41) is 27.7. The highest BCUT2D eigenvalue weighted by molar-refractivity contribution is 5.89. The van der Waals surface area contributed by atoms with Gasteiger partial charge in [-0.25, -0.2) is 4.79 Å². The second-order valence-electron chi connectivity index (χ2n) is 9.07. The maximum absolute atomic E-state index is 11.8. The van der Waals surface area contributed by atoms with Gasteiger partial charge >= 0.3 is 11.9 Å². The zero-order valence-electron chi connectivity index (χ0n) is 20.6. The number of carbonyl (C=O) groups is 2. The smallest absolute Gasteiger partial charge is 0.335 e. The number of unbranched alkanes of at least 4 members (excludes halogenated alkanes) is 7. The first-order valence-electron chi connectivity index (χ1n) is 12.4. The fraction of sp³-hybridized carbons (Fsp3) is 0.500. The third-order valence-electron chi connectivity index (χ3n) is 6.03. The molecule has 2 rings (SSSR count). The molecule has 0 bridgehead atoms. The van der Waals surface area contributed by atoms with Crippen LogP contribution in [0.2, 0.25) is 0 Å². The second-order valence-corrected chi connectivity index (χ2v) is 9.07. The van der Waals surface area contributed by atoms with Crippen molar-refractivity contribution in [3.8, 4) is 16.9 Å². The van der Waals surface area contributed by atoms with Crippen LogP contribution in [0.3, 0.4) is 0 Å². The van der Waals surface area contributed by atoms with Crippen molar-refractivity contribution in [2.24, 2.45) is 5.41 Å². The average molecular weight is 487 g/mol. The summed E-state index contributed by atoms with van der Waals surface area (Å²) >= 11 is 0. The summed E-state index contributed by atoms with van der Waals surface area (Å²) in [5.74, 6) is -0.938. The van der Waals surface area contributed by atoms with Gasteiger partial charge in [-0.1, -0.05) is 68.9 Å². The third kappa shape index (κ3) is 9.34. The Balaban J connectivity index is 1.60. The van der Waals surface area contributed by atoms with Gasteiger partial charge in [0.05, 0.1) is 32.0 Å². The molecule has 2 aromatic rings. The first-order chi connectivity index (χ1) is 16.9. The minimum Gasteiger partial charge on any atom is -0.493 e. The monoisotopic (exact) mass is 486 g/mol. The van der Waals surface area contributed by atoms with Gasteiger partial charge < -0.3 is 24.8 Å². The van der Waals surface area contributed by atoms with E-state index in [4.69, 9.17) is 9.47 Å². The lowest BCUT2D eigenvalue weighted by atomic mass is 9.93. The molecule has 35 heavy (non-hydrogen) atoms. The lowest BCUT2D eigenvalue weighted by Crippen LogP contribution is -2.37. The number of carboxylic acid groups (broad SMARTS) is 1. The highest BCUT2D eigenvalue weighted by Crippen LogP contribution is 2.31. The highest BCUT2D eigenvalue weighted by Gasteiger charge is 2.33. The molecule has 0 atom stereocenters. The van der Waals surface area contributed by atoms with Crippen molar-refractivity contribution in [3.63, 3.8) is 0 Å². The molecule has 0 aromatic heterocycles. The summed E-state index contributed by atoms with van der Waals surface area (Å²) < 4.78 is 11.1. The fourth-order valence-electron chi connectivity index (χ4n) is 3.60. The molecule has 0 saturated carbocycles. The largest absolute Gasteiger partial charge is 0.493 e. The number of aliphatic hydroxyl groups is 2. The van der Waals surface area contributed by atoms with E-state index in [9.17, 15) is 24.9 Å². The maximum Gasteiger partial charge on any atom is 0.335 e. The predicted octanol–water partition coefficient (Wildman–Crippen LogP) is 5.09. The molecule has 0 radical (unpaired) electrons. The summed E-state index contributed by atoms with van der Waals surface area (Å²) in [6.45, 7) is 1.46. The summed E-state index contributed by atoms with van der Waals surface area (Å²) in [5.41, 5.74) is 0.861. The zero-order valence-corrected chi connectivity index (χ0v) is 20.6. The van der Waals surface area contributed by atoms with Crippen LogP contribution >= 0.6 is 0 Å². The molecule has 0 saturated heterocycles. The summed E-state index contributed by atoms with van der Waals surface area (Å²) in [6, 6.07) is 14.8. The Morgan fingerprint density at radius 3 is 1.94 bits per heavy atom. The summed E-state index contributed by atoms with van der Waals surface area (Å²) in [7, 11) is 0. The van der Waals surface area contributed by atoms with Crippen molar-refractivity contribution >= 4 is 11.9 Å². The van der Waals surface area contributed by atoms with Crippen LogP contribution in [0.15, 0.2) is 48.5 Å². The van der Waals surface area contributed by atoms with Crippen LogP contribution in [-0.2, 0) is 9.53 Å². The van der Waals surface area contributed by atoms with Crippen LogP contribution in [0.1, 0.15) is 68.6 Å². The number of rotatable bonds is 17. The number of carboxylic acids is 1. The van der Waals surface area contributed by atoms with Gasteiger partial charge in [-0.15, -0.1) is 0 Å². The van der Waals surface area contributed by atoms with Crippen molar-refractivity contribution in [2.45, 2.75) is 58.3 Å². The van der Waals surface area contributed by atoms with Crippen LogP contribution in [-0.4, -0.2) is 53.7 Å². The first-order valence-corrected chi connectivity index (χ1v) is 12.4. The van der Waals surface area contributed by atoms with E-state index in [2.05, 4.69) is 0 Å². The van der Waals surface area contributed by atoms with Crippen molar-refractivity contribution < 1.29 is 34.4 Å². The zero-order chi connectivity index (χ0) is 25.5. The number of esters is 1. The topological polar surface area (TPSA) is 113 Å². The van der Waals surface area contributed by atoms with Gasteiger partial charge in [0.15, 0.2) is 0 Å². The molecule has 3 N–H and O–H groups in total. The third-order valence-corrected chi connectivity index (χ3v) is 6.03. The molecule has 0 heterocycles. The number of benzene rings is 2. The average Bonchev–Trinajstić information content (AvgIpc) is 2.88. The second kappa shape index (κ2) is 15.2. The number of aliphatic hydroxyl groups excluding tert-OH is 2. The minimum absolute atomic E-state index is 0.213. The summed E-state index contributed by atoms with van der Waals surface area (Å²) in [6.07, 6.45) is 8.07. The molecule has 2 aromatic carbocycles. The molecule has 0 amide bonds. The Morgan fingerprint density at radius 2 is 1.37 bits per heavy atom. The van der Waals surface area contributed by atoms with Gasteiger partial charge in [0.2, 0.25) is 0 Å². The molecule has 0 aliphatic heterocycles. The van der Waals surface area contributed by atoms with E-state index in [1.54, 1.807) is 18.2 Å². The molecule has 192 valence electrons. The van der Waals surface area contributed by atoms with Crippen LogP contribution in [0.4, 0.5) is 0 Å². The van der Waals surface area contributed by atoms with Gasteiger partial charge in [0, 0.05) is 5.56 Å². The normalized spacial score (nSPS) is 11.3. The molecule has 7 heteroatoms. The Morgan fingerprint density at radius 1 is 0.800 bits per heavy atom. The lowest BCUT2D eigenvalue weighted by molar-refractivity contribution is -0.160. The number of aromatic carboxylic acids is 1. The van der Waals surface area contributed by atoms with Crippen LogP contribution in [0.25, 0.3) is 11.1 Å². The minimum atomic E-state index is -1.23. The van der Waals surface area contributed by atoms with E-state index in [0.717, 1.165) is 62.5 Å². The first kappa shape index (κ1) is 28.3. The Bertz CT molecular complexity index is 907. The maximum atomic E-state index is 11.8. The Kier molecular flexibility index (Phi) is 12.3. The molecule has 7 nitrogen and oxygen atoms in total. The van der Waals surface area contributed by atoms with E-state index in [1.165, 1.54) is 6.92 Å². The van der Waals surface area contributed by atoms with Crippen LogP contribution in [0.5, 0.6) is 5.75 Å². The van der Waals surface area contributed by atoms with E-state index < -0.39 is 30.6 Å². The van der Waals surface area contributed by atoms with E-state index in [1.807, 2.05) is 30.3 Å². The Labute approximate surface area is 207 Å². The highest BCUT2D eigenvalue weighted by atomic mass is 16.5. The molecular weight excluding hydrogens is 448 g/mol. The standard InChI is InChI=1S/C28H38O7/c1-28(20-29,21-30)27(33)35-18-12-7-5-3-2-4-6-11-17-34-25-19-23(26(31)32)15-16-24(25)22-13-9-8-10-14-22/h8-10,13-16,19,29-30H,2-7,11-12,17-18,20-21H2,1H3,(H,31,32). The van der Waals surface area contributed by atoms with Crippen LogP contribution < -0.4 is 4.74 Å². The number of carbonyl (C=O) groups excluding carboxylic acids is 1. The lowest BCUT2D eigenvalue weighted by Gasteiger charge is -2.22. The van der Waals surface area contributed by atoms with Crippen molar-refractivity contribution in [1.29, 1.82) is 0 Å². The van der Waals surface area contributed by atoms with Gasteiger partial charge in [-0.05, 0) is 43.5 Å². The number of hydrogen-bond donors (Lipinski definition) is 3. The molecule has 0 unspecified atom stereocenters. The van der Waals surface area contributed by atoms with Gasteiger partial charge in [-0.3, -0.25) is 4.79 Å². The van der Waals surface area contributed by atoms with E-state index >= 15 is 0 Å². The summed E-state index contributed by atoms with van der Waals surface area (Å²) in [4.78, 5) is 23.2. The van der Waals surface area contributed by atoms with Crippen molar-refractivity contribution in [1.82, 2.24) is 0 Å².